The molecule has 1 aliphatic rings. The summed E-state index contributed by atoms with van der Waals surface area (Å²) in [6.07, 6.45) is 4.12. The zero-order chi connectivity index (χ0) is 15.1. The molecule has 1 fully saturated rings. The minimum atomic E-state index is 0.637. The van der Waals surface area contributed by atoms with Gasteiger partial charge in [0, 0.05) is 19.2 Å². The van der Waals surface area contributed by atoms with Crippen molar-refractivity contribution in [2.24, 2.45) is 11.8 Å². The molecular formula is C16H28N4O. The Morgan fingerprint density at radius 1 is 1.43 bits per heavy atom. The van der Waals surface area contributed by atoms with Gasteiger partial charge in [0.2, 0.25) is 5.88 Å². The van der Waals surface area contributed by atoms with Gasteiger partial charge in [-0.05, 0) is 44.7 Å². The van der Waals surface area contributed by atoms with Crippen molar-refractivity contribution in [2.75, 3.05) is 37.7 Å². The Bertz CT molecular complexity index is 424. The van der Waals surface area contributed by atoms with E-state index in [2.05, 4.69) is 34.0 Å². The predicted octanol–water partition coefficient (Wildman–Crippen LogP) is 2.34. The average molecular weight is 292 g/mol. The first-order chi connectivity index (χ1) is 10.2. The quantitative estimate of drug-likeness (QED) is 0.836. The molecular weight excluding hydrogens is 264 g/mol. The summed E-state index contributed by atoms with van der Waals surface area (Å²) >= 11 is 0. The Morgan fingerprint density at radius 2 is 2.29 bits per heavy atom. The second-order valence-corrected chi connectivity index (χ2v) is 6.15. The number of nitrogens with zero attached hydrogens (tertiary/aromatic N) is 3. The zero-order valence-corrected chi connectivity index (χ0v) is 13.5. The third-order valence-electron chi connectivity index (χ3n) is 3.75. The lowest BCUT2D eigenvalue weighted by Gasteiger charge is -2.33. The van der Waals surface area contributed by atoms with E-state index in [0.29, 0.717) is 24.3 Å². The minimum Gasteiger partial charge on any atom is -0.478 e. The molecule has 1 N–H and O–H groups in total. The Labute approximate surface area is 128 Å². The van der Waals surface area contributed by atoms with E-state index in [1.165, 1.54) is 12.8 Å². The molecule has 1 unspecified atom stereocenters. The zero-order valence-electron chi connectivity index (χ0n) is 13.5. The van der Waals surface area contributed by atoms with Crippen LogP contribution in [0.4, 0.5) is 5.82 Å². The Hall–Kier alpha value is -1.36. The van der Waals surface area contributed by atoms with Crippen LogP contribution >= 0.6 is 0 Å². The molecule has 0 spiro atoms. The first kappa shape index (κ1) is 16.0. The summed E-state index contributed by atoms with van der Waals surface area (Å²) in [5, 5.41) is 3.57. The van der Waals surface area contributed by atoms with Crippen molar-refractivity contribution in [3.05, 3.63) is 12.4 Å². The van der Waals surface area contributed by atoms with Crippen molar-refractivity contribution in [1.82, 2.24) is 15.3 Å². The lowest BCUT2D eigenvalue weighted by Crippen LogP contribution is -2.40. The number of hydrogen-bond donors (Lipinski definition) is 1. The molecule has 118 valence electrons. The van der Waals surface area contributed by atoms with Crippen molar-refractivity contribution in [3.8, 4) is 5.88 Å². The second kappa shape index (κ2) is 8.17. The second-order valence-electron chi connectivity index (χ2n) is 6.15. The van der Waals surface area contributed by atoms with Gasteiger partial charge in [-0.1, -0.05) is 13.8 Å². The molecule has 0 bridgehead atoms. The minimum absolute atomic E-state index is 0.637. The van der Waals surface area contributed by atoms with Gasteiger partial charge in [-0.25, -0.2) is 9.97 Å². The van der Waals surface area contributed by atoms with Crippen LogP contribution in [0.3, 0.4) is 0 Å². The summed E-state index contributed by atoms with van der Waals surface area (Å²) in [6.45, 7) is 11.4. The number of aromatic nitrogens is 2. The van der Waals surface area contributed by atoms with Crippen molar-refractivity contribution in [2.45, 2.75) is 33.6 Å². The van der Waals surface area contributed by atoms with E-state index >= 15 is 0 Å². The summed E-state index contributed by atoms with van der Waals surface area (Å²) in [4.78, 5) is 10.9. The molecule has 1 saturated heterocycles. The largest absolute Gasteiger partial charge is 0.478 e. The maximum absolute atomic E-state index is 5.47. The monoisotopic (exact) mass is 292 g/mol. The van der Waals surface area contributed by atoms with E-state index in [9.17, 15) is 0 Å². The number of nitrogens with one attached hydrogen (secondary N) is 1. The van der Waals surface area contributed by atoms with Crippen LogP contribution in [0.15, 0.2) is 12.4 Å². The fourth-order valence-electron chi connectivity index (χ4n) is 2.75. The van der Waals surface area contributed by atoms with Crippen LogP contribution in [-0.4, -0.2) is 42.8 Å². The van der Waals surface area contributed by atoms with Crippen LogP contribution in [0.25, 0.3) is 0 Å². The maximum Gasteiger partial charge on any atom is 0.218 e. The fourth-order valence-corrected chi connectivity index (χ4v) is 2.75. The van der Waals surface area contributed by atoms with Gasteiger partial charge in [-0.3, -0.25) is 0 Å². The topological polar surface area (TPSA) is 50.3 Å². The highest BCUT2D eigenvalue weighted by Crippen LogP contribution is 2.23. The number of rotatable bonds is 7. The molecule has 0 saturated carbocycles. The van der Waals surface area contributed by atoms with E-state index < -0.39 is 0 Å². The van der Waals surface area contributed by atoms with Gasteiger partial charge >= 0.3 is 0 Å². The number of anilines is 1. The number of ether oxygens (including phenoxy) is 1. The normalized spacial score (nSPS) is 19.0. The highest BCUT2D eigenvalue weighted by atomic mass is 16.5. The molecule has 1 aromatic heterocycles. The molecule has 0 aliphatic carbocycles. The van der Waals surface area contributed by atoms with Crippen LogP contribution < -0.4 is 15.0 Å². The van der Waals surface area contributed by atoms with Crippen LogP contribution in [0, 0.1) is 11.8 Å². The lowest BCUT2D eigenvalue weighted by atomic mass is 9.98. The third kappa shape index (κ3) is 5.16. The molecule has 2 heterocycles. The molecule has 1 atom stereocenters. The van der Waals surface area contributed by atoms with Crippen molar-refractivity contribution in [3.63, 3.8) is 0 Å². The van der Waals surface area contributed by atoms with Gasteiger partial charge in [0.1, 0.15) is 12.1 Å². The summed E-state index contributed by atoms with van der Waals surface area (Å²) in [5.74, 6) is 3.06. The van der Waals surface area contributed by atoms with Crippen LogP contribution in [0.1, 0.15) is 33.6 Å². The maximum atomic E-state index is 5.47. The predicted molar refractivity (Wildman–Crippen MR) is 85.8 cm³/mol. The fraction of sp³-hybridized carbons (Fsp3) is 0.750. The molecule has 5 nitrogen and oxygen atoms in total. The van der Waals surface area contributed by atoms with Crippen molar-refractivity contribution < 1.29 is 4.74 Å². The molecule has 1 aromatic rings. The van der Waals surface area contributed by atoms with Crippen LogP contribution in [0.5, 0.6) is 5.88 Å². The van der Waals surface area contributed by atoms with Gasteiger partial charge in [0.05, 0.1) is 6.61 Å². The smallest absolute Gasteiger partial charge is 0.218 e. The standard InChI is InChI=1S/C16H28N4O/c1-4-21-16-8-15(18-12-19-16)20-7-5-6-14(11-20)10-17-9-13(2)3/h8,12-14,17H,4-7,9-11H2,1-3H3. The van der Waals surface area contributed by atoms with Crippen LogP contribution in [0.2, 0.25) is 0 Å². The number of piperidine rings is 1. The first-order valence-corrected chi connectivity index (χ1v) is 8.09. The molecule has 0 aromatic carbocycles. The van der Waals surface area contributed by atoms with E-state index in [4.69, 9.17) is 4.74 Å². The molecule has 0 radical (unpaired) electrons. The number of hydrogen-bond acceptors (Lipinski definition) is 5. The third-order valence-corrected chi connectivity index (χ3v) is 3.75. The Balaban J connectivity index is 1.89. The van der Waals surface area contributed by atoms with Gasteiger partial charge in [-0.15, -0.1) is 0 Å². The lowest BCUT2D eigenvalue weighted by molar-refractivity contribution is 0.325. The van der Waals surface area contributed by atoms with Crippen molar-refractivity contribution in [1.29, 1.82) is 0 Å². The van der Waals surface area contributed by atoms with Gasteiger partial charge in [0.15, 0.2) is 0 Å². The van der Waals surface area contributed by atoms with E-state index in [1.807, 2.05) is 13.0 Å². The summed E-state index contributed by atoms with van der Waals surface area (Å²) in [5.41, 5.74) is 0. The highest BCUT2D eigenvalue weighted by Gasteiger charge is 2.21. The highest BCUT2D eigenvalue weighted by molar-refractivity contribution is 5.41. The Kier molecular flexibility index (Phi) is 6.23. The molecule has 0 amide bonds. The Morgan fingerprint density at radius 3 is 3.05 bits per heavy atom. The van der Waals surface area contributed by atoms with Crippen LogP contribution in [-0.2, 0) is 0 Å². The van der Waals surface area contributed by atoms with E-state index in [1.54, 1.807) is 6.33 Å². The van der Waals surface area contributed by atoms with Gasteiger partial charge in [0.25, 0.3) is 0 Å². The average Bonchev–Trinajstić information content (AvgIpc) is 2.48. The summed E-state index contributed by atoms with van der Waals surface area (Å²) in [7, 11) is 0. The molecule has 2 rings (SSSR count). The SMILES string of the molecule is CCOc1cc(N2CCCC(CNCC(C)C)C2)ncn1. The summed E-state index contributed by atoms with van der Waals surface area (Å²) in [6, 6.07) is 1.95. The van der Waals surface area contributed by atoms with E-state index in [0.717, 1.165) is 32.0 Å². The molecule has 21 heavy (non-hydrogen) atoms. The first-order valence-electron chi connectivity index (χ1n) is 8.09. The summed E-state index contributed by atoms with van der Waals surface area (Å²) < 4.78 is 5.47. The van der Waals surface area contributed by atoms with Crippen molar-refractivity contribution >= 4 is 5.82 Å². The van der Waals surface area contributed by atoms with Gasteiger partial charge < -0.3 is 15.0 Å². The van der Waals surface area contributed by atoms with Gasteiger partial charge in [-0.2, -0.15) is 0 Å². The molecule has 5 heteroatoms. The van der Waals surface area contributed by atoms with E-state index in [-0.39, 0.29) is 0 Å². The molecule has 1 aliphatic heterocycles.